The fourth-order valence-corrected chi connectivity index (χ4v) is 6.07. The summed E-state index contributed by atoms with van der Waals surface area (Å²) in [6.07, 6.45) is 6.07. The lowest BCUT2D eigenvalue weighted by molar-refractivity contribution is -0.127. The molecular formula is C24H27NO. The van der Waals surface area contributed by atoms with E-state index in [1.807, 2.05) is 0 Å². The highest BCUT2D eigenvalue weighted by atomic mass is 16.1. The lowest BCUT2D eigenvalue weighted by atomic mass is 9.52. The third-order valence-corrected chi connectivity index (χ3v) is 7.25. The van der Waals surface area contributed by atoms with E-state index in [-0.39, 0.29) is 5.41 Å². The van der Waals surface area contributed by atoms with Gasteiger partial charge >= 0.3 is 0 Å². The summed E-state index contributed by atoms with van der Waals surface area (Å²) in [4.78, 5) is 15.1. The van der Waals surface area contributed by atoms with E-state index in [2.05, 4.69) is 59.5 Å². The van der Waals surface area contributed by atoms with E-state index in [1.54, 1.807) is 0 Å². The van der Waals surface area contributed by atoms with Crippen molar-refractivity contribution in [3.63, 3.8) is 0 Å². The van der Waals surface area contributed by atoms with Gasteiger partial charge in [0.05, 0.1) is 0 Å². The number of carbonyl (C=O) groups excluding carboxylic acids is 1. The molecule has 2 bridgehead atoms. The van der Waals surface area contributed by atoms with Crippen LogP contribution in [-0.2, 0) is 23.1 Å². The molecule has 2 heteroatoms. The molecule has 0 spiro atoms. The Bertz CT molecular complexity index is 814. The van der Waals surface area contributed by atoms with Gasteiger partial charge in [0.2, 0.25) is 0 Å². The molecule has 1 aliphatic heterocycles. The van der Waals surface area contributed by atoms with Gasteiger partial charge in [0.15, 0.2) is 0 Å². The molecule has 2 fully saturated rings. The van der Waals surface area contributed by atoms with Crippen LogP contribution < -0.4 is 0 Å². The van der Waals surface area contributed by atoms with Crippen LogP contribution in [0.5, 0.6) is 0 Å². The summed E-state index contributed by atoms with van der Waals surface area (Å²) < 4.78 is 0. The number of hydrogen-bond acceptors (Lipinski definition) is 2. The molecule has 2 aromatic carbocycles. The Morgan fingerprint density at radius 1 is 1.04 bits per heavy atom. The molecule has 5 rings (SSSR count). The molecule has 3 aliphatic rings. The zero-order valence-corrected chi connectivity index (χ0v) is 15.4. The van der Waals surface area contributed by atoms with Crippen LogP contribution in [0.15, 0.2) is 54.6 Å². The SMILES string of the molecule is O=C1CC[C@H]2[C@H]3Cc4ccccc4[C@@]2(CCN3CCc2ccccc2)C1. The van der Waals surface area contributed by atoms with Gasteiger partial charge in [0, 0.05) is 30.8 Å². The minimum Gasteiger partial charge on any atom is -0.300 e. The zero-order chi connectivity index (χ0) is 17.6. The summed E-state index contributed by atoms with van der Waals surface area (Å²) >= 11 is 0. The van der Waals surface area contributed by atoms with Crippen molar-refractivity contribution >= 4 is 5.78 Å². The van der Waals surface area contributed by atoms with Crippen LogP contribution in [0.1, 0.15) is 42.4 Å². The number of Topliss-reactive ketones (excluding diaryl/α,β-unsaturated/α-hetero) is 1. The third-order valence-electron chi connectivity index (χ3n) is 7.25. The minimum absolute atomic E-state index is 0.123. The molecule has 1 heterocycles. The molecule has 2 aromatic rings. The molecule has 0 amide bonds. The van der Waals surface area contributed by atoms with Crippen molar-refractivity contribution in [1.82, 2.24) is 4.90 Å². The van der Waals surface area contributed by atoms with Crippen molar-refractivity contribution < 1.29 is 4.79 Å². The number of likely N-dealkylation sites (tertiary alicyclic amines) is 1. The van der Waals surface area contributed by atoms with Crippen molar-refractivity contribution in [3.8, 4) is 0 Å². The van der Waals surface area contributed by atoms with E-state index < -0.39 is 0 Å². The number of fused-ring (bicyclic) bond motifs is 1. The monoisotopic (exact) mass is 345 g/mol. The number of benzene rings is 2. The van der Waals surface area contributed by atoms with Crippen LogP contribution in [0.25, 0.3) is 0 Å². The van der Waals surface area contributed by atoms with Crippen molar-refractivity contribution in [2.45, 2.75) is 50.0 Å². The molecule has 0 aromatic heterocycles. The molecule has 1 saturated carbocycles. The molecule has 3 atom stereocenters. The van der Waals surface area contributed by atoms with Crippen molar-refractivity contribution in [2.75, 3.05) is 13.1 Å². The first-order chi connectivity index (χ1) is 12.8. The first kappa shape index (κ1) is 16.3. The number of rotatable bonds is 3. The fraction of sp³-hybridized carbons (Fsp3) is 0.458. The van der Waals surface area contributed by atoms with Crippen molar-refractivity contribution in [3.05, 3.63) is 71.3 Å². The van der Waals surface area contributed by atoms with Gasteiger partial charge in [-0.25, -0.2) is 0 Å². The molecule has 0 unspecified atom stereocenters. The van der Waals surface area contributed by atoms with E-state index in [0.29, 0.717) is 17.7 Å². The molecule has 2 aliphatic carbocycles. The zero-order valence-electron chi connectivity index (χ0n) is 15.4. The molecule has 0 N–H and O–H groups in total. The highest BCUT2D eigenvalue weighted by molar-refractivity contribution is 5.81. The average Bonchev–Trinajstić information content (AvgIpc) is 2.68. The molecule has 0 radical (unpaired) electrons. The lowest BCUT2D eigenvalue weighted by Crippen LogP contribution is -2.62. The van der Waals surface area contributed by atoms with Crippen molar-refractivity contribution in [1.29, 1.82) is 0 Å². The van der Waals surface area contributed by atoms with E-state index in [9.17, 15) is 4.79 Å². The van der Waals surface area contributed by atoms with E-state index in [1.165, 1.54) is 16.7 Å². The van der Waals surface area contributed by atoms with Gasteiger partial charge in [0.25, 0.3) is 0 Å². The van der Waals surface area contributed by atoms with Crippen molar-refractivity contribution in [2.24, 2.45) is 5.92 Å². The van der Waals surface area contributed by atoms with E-state index in [4.69, 9.17) is 0 Å². The molecule has 2 nitrogen and oxygen atoms in total. The Morgan fingerprint density at radius 3 is 2.73 bits per heavy atom. The van der Waals surface area contributed by atoms with Gasteiger partial charge < -0.3 is 0 Å². The first-order valence-electron chi connectivity index (χ1n) is 10.1. The van der Waals surface area contributed by atoms with Gasteiger partial charge in [-0.15, -0.1) is 0 Å². The summed E-state index contributed by atoms with van der Waals surface area (Å²) in [7, 11) is 0. The number of nitrogens with zero attached hydrogens (tertiary/aromatic N) is 1. The van der Waals surface area contributed by atoms with Gasteiger partial charge in [-0.05, 0) is 54.8 Å². The number of ketones is 1. The standard InChI is InChI=1S/C24H27NO/c26-20-10-11-22-23-16-19-8-4-5-9-21(19)24(22,17-20)13-15-25(23)14-12-18-6-2-1-3-7-18/h1-9,22-23H,10-17H2/t22-,23+,24+/m0/s1. The lowest BCUT2D eigenvalue weighted by Gasteiger charge is -2.58. The Hall–Kier alpha value is -1.93. The van der Waals surface area contributed by atoms with Gasteiger partial charge in [-0.1, -0.05) is 54.6 Å². The van der Waals surface area contributed by atoms with Crippen LogP contribution in [0.2, 0.25) is 0 Å². The molecule has 1 saturated heterocycles. The van der Waals surface area contributed by atoms with Crippen LogP contribution in [0.4, 0.5) is 0 Å². The van der Waals surface area contributed by atoms with Gasteiger partial charge in [-0.2, -0.15) is 0 Å². The highest BCUT2D eigenvalue weighted by Gasteiger charge is 2.55. The predicted octanol–water partition coefficient (Wildman–Crippen LogP) is 4.17. The Labute approximate surface area is 156 Å². The van der Waals surface area contributed by atoms with Crippen LogP contribution in [0.3, 0.4) is 0 Å². The smallest absolute Gasteiger partial charge is 0.133 e. The largest absolute Gasteiger partial charge is 0.300 e. The second-order valence-corrected chi connectivity index (χ2v) is 8.47. The predicted molar refractivity (Wildman–Crippen MR) is 104 cm³/mol. The van der Waals surface area contributed by atoms with Gasteiger partial charge in [0.1, 0.15) is 5.78 Å². The summed E-state index contributed by atoms with van der Waals surface area (Å²) in [5, 5.41) is 0. The Morgan fingerprint density at radius 2 is 1.85 bits per heavy atom. The van der Waals surface area contributed by atoms with Crippen LogP contribution in [0, 0.1) is 5.92 Å². The maximum atomic E-state index is 12.4. The Balaban J connectivity index is 1.45. The normalized spacial score (nSPS) is 30.5. The van der Waals surface area contributed by atoms with Gasteiger partial charge in [-0.3, -0.25) is 9.69 Å². The molecule has 26 heavy (non-hydrogen) atoms. The third kappa shape index (κ3) is 2.54. The number of piperidine rings is 1. The maximum Gasteiger partial charge on any atom is 0.133 e. The van der Waals surface area contributed by atoms with E-state index >= 15 is 0 Å². The van der Waals surface area contributed by atoms with Crippen LogP contribution >= 0.6 is 0 Å². The molecular weight excluding hydrogens is 318 g/mol. The second-order valence-electron chi connectivity index (χ2n) is 8.47. The molecule has 134 valence electrons. The maximum absolute atomic E-state index is 12.4. The summed E-state index contributed by atoms with van der Waals surface area (Å²) in [6.45, 7) is 2.27. The minimum atomic E-state index is 0.123. The van der Waals surface area contributed by atoms with Crippen LogP contribution in [-0.4, -0.2) is 29.8 Å². The average molecular weight is 345 g/mol. The van der Waals surface area contributed by atoms with E-state index in [0.717, 1.165) is 51.6 Å². The Kier molecular flexibility index (Phi) is 3.97. The highest BCUT2D eigenvalue weighted by Crippen LogP contribution is 2.54. The fourth-order valence-electron chi connectivity index (χ4n) is 6.07. The second kappa shape index (κ2) is 6.35. The summed E-state index contributed by atoms with van der Waals surface area (Å²) in [6, 6.07) is 20.4. The number of hydrogen-bond donors (Lipinski definition) is 0. The first-order valence-corrected chi connectivity index (χ1v) is 10.1. The topological polar surface area (TPSA) is 20.3 Å². The quantitative estimate of drug-likeness (QED) is 0.832. The summed E-state index contributed by atoms with van der Waals surface area (Å²) in [5.74, 6) is 1.13. The summed E-state index contributed by atoms with van der Waals surface area (Å²) in [5.41, 5.74) is 4.54. The number of carbonyl (C=O) groups is 1.